The minimum atomic E-state index is -1.36. The summed E-state index contributed by atoms with van der Waals surface area (Å²) < 4.78 is 44.0. The molecule has 1 atom stereocenters. The third kappa shape index (κ3) is 6.83. The Morgan fingerprint density at radius 1 is 1.15 bits per heavy atom. The lowest BCUT2D eigenvalue weighted by molar-refractivity contribution is -0.142. The maximum atomic E-state index is 15.8. The lowest BCUT2D eigenvalue weighted by Gasteiger charge is -2.23. The van der Waals surface area contributed by atoms with Crippen molar-refractivity contribution in [2.45, 2.75) is 58.9 Å². The van der Waals surface area contributed by atoms with Gasteiger partial charge in [-0.15, -0.1) is 4.72 Å². The Labute approximate surface area is 238 Å². The number of halogens is 1. The van der Waals surface area contributed by atoms with Gasteiger partial charge in [-0.2, -0.15) is 0 Å². The molecule has 4 rings (SSSR count). The summed E-state index contributed by atoms with van der Waals surface area (Å²) in [4.78, 5) is 16.3. The Bertz CT molecular complexity index is 1510. The standard InChI is InChI=1S/C31H36FN3O4S/c1-7-38-29(36)17-22-9-8-20(2)14-28(22)39-19-21-15-25(23-11-13-35(6)27(23)16-21)24-10-12-33-26(30(24)32)18-34-40(37)31(3,4)5/h8-16,34H,7,17-19H2,1-6H3/t40-/m0/s1. The quantitative estimate of drug-likeness (QED) is 0.190. The molecule has 0 radical (unpaired) electrons. The highest BCUT2D eigenvalue weighted by atomic mass is 32.2. The van der Waals surface area contributed by atoms with Gasteiger partial charge in [0.05, 0.1) is 25.3 Å². The molecule has 9 heteroatoms. The number of aromatic nitrogens is 2. The molecule has 212 valence electrons. The topological polar surface area (TPSA) is 88.4 Å². The van der Waals surface area contributed by atoms with E-state index in [0.717, 1.165) is 27.6 Å². The summed E-state index contributed by atoms with van der Waals surface area (Å²) in [7, 11) is 1.94. The second-order valence-corrected chi connectivity index (χ2v) is 12.8. The normalized spacial score (nSPS) is 12.5. The van der Waals surface area contributed by atoms with E-state index >= 15 is 4.39 Å². The van der Waals surface area contributed by atoms with Crippen molar-refractivity contribution in [3.05, 3.63) is 83.1 Å². The number of carbonyl (C=O) groups excluding carboxylic acids is 1. The summed E-state index contributed by atoms with van der Waals surface area (Å²) >= 11 is -1.36. The maximum absolute atomic E-state index is 15.8. The van der Waals surface area contributed by atoms with Crippen LogP contribution in [0.1, 0.15) is 50.1 Å². The first-order chi connectivity index (χ1) is 19.0. The molecule has 1 N–H and O–H groups in total. The average molecular weight is 566 g/mol. The van der Waals surface area contributed by atoms with Crippen LogP contribution in [0.5, 0.6) is 5.75 Å². The van der Waals surface area contributed by atoms with Gasteiger partial charge in [-0.25, -0.2) is 4.39 Å². The largest absolute Gasteiger partial charge is 0.598 e. The molecule has 0 aliphatic rings. The van der Waals surface area contributed by atoms with E-state index in [1.54, 1.807) is 19.2 Å². The molecule has 2 aromatic heterocycles. The van der Waals surface area contributed by atoms with Crippen LogP contribution in [0.15, 0.2) is 54.9 Å². The Hall–Kier alpha value is -3.40. The van der Waals surface area contributed by atoms with Gasteiger partial charge < -0.3 is 18.6 Å². The number of hydrogen-bond acceptors (Lipinski definition) is 6. The van der Waals surface area contributed by atoms with Crippen molar-refractivity contribution in [1.29, 1.82) is 0 Å². The number of ether oxygens (including phenoxy) is 2. The molecule has 0 saturated carbocycles. The van der Waals surface area contributed by atoms with Gasteiger partial charge in [0.25, 0.3) is 0 Å². The van der Waals surface area contributed by atoms with Gasteiger partial charge in [-0.1, -0.05) is 12.1 Å². The van der Waals surface area contributed by atoms with Gasteiger partial charge in [-0.3, -0.25) is 9.78 Å². The molecular weight excluding hydrogens is 529 g/mol. The van der Waals surface area contributed by atoms with Crippen LogP contribution in [0.3, 0.4) is 0 Å². The van der Waals surface area contributed by atoms with Gasteiger partial charge >= 0.3 is 5.97 Å². The number of carbonyl (C=O) groups is 1. The average Bonchev–Trinajstić information content (AvgIpc) is 3.27. The highest BCUT2D eigenvalue weighted by Gasteiger charge is 2.27. The number of esters is 1. The molecule has 2 aromatic carbocycles. The predicted molar refractivity (Wildman–Crippen MR) is 157 cm³/mol. The summed E-state index contributed by atoms with van der Waals surface area (Å²) in [5.41, 5.74) is 4.84. The van der Waals surface area contributed by atoms with E-state index in [1.807, 2.05) is 81.9 Å². The molecule has 0 aliphatic carbocycles. The van der Waals surface area contributed by atoms with E-state index in [0.29, 0.717) is 23.5 Å². The zero-order chi connectivity index (χ0) is 29.0. The molecule has 0 spiro atoms. The van der Waals surface area contributed by atoms with Gasteiger partial charge in [0.2, 0.25) is 0 Å². The van der Waals surface area contributed by atoms with Gasteiger partial charge in [0, 0.05) is 52.8 Å². The first-order valence-electron chi connectivity index (χ1n) is 13.2. The Kier molecular flexibility index (Phi) is 9.18. The lowest BCUT2D eigenvalue weighted by atomic mass is 9.98. The smallest absolute Gasteiger partial charge is 0.310 e. The van der Waals surface area contributed by atoms with Crippen LogP contribution in [0.4, 0.5) is 4.39 Å². The Balaban J connectivity index is 1.66. The molecule has 0 bridgehead atoms. The van der Waals surface area contributed by atoms with E-state index in [-0.39, 0.29) is 31.2 Å². The van der Waals surface area contributed by atoms with E-state index in [9.17, 15) is 9.35 Å². The van der Waals surface area contributed by atoms with Crippen LogP contribution in [0, 0.1) is 12.7 Å². The highest BCUT2D eigenvalue weighted by molar-refractivity contribution is 7.90. The van der Waals surface area contributed by atoms with Crippen molar-refractivity contribution in [3.63, 3.8) is 0 Å². The van der Waals surface area contributed by atoms with Crippen molar-refractivity contribution in [2.75, 3.05) is 6.61 Å². The molecule has 4 aromatic rings. The first-order valence-corrected chi connectivity index (χ1v) is 14.4. The van der Waals surface area contributed by atoms with E-state index in [4.69, 9.17) is 9.47 Å². The molecule has 0 aliphatic heterocycles. The molecule has 2 heterocycles. The van der Waals surface area contributed by atoms with Crippen LogP contribution in [0.2, 0.25) is 0 Å². The molecule has 7 nitrogen and oxygen atoms in total. The van der Waals surface area contributed by atoms with Crippen molar-refractivity contribution >= 4 is 28.2 Å². The molecular formula is C31H36FN3O4S. The van der Waals surface area contributed by atoms with Gasteiger partial charge in [-0.05, 0) is 81.6 Å². The Morgan fingerprint density at radius 3 is 2.65 bits per heavy atom. The number of aryl methyl sites for hydroxylation is 2. The van der Waals surface area contributed by atoms with Crippen molar-refractivity contribution < 1.29 is 23.2 Å². The summed E-state index contributed by atoms with van der Waals surface area (Å²) in [5.74, 6) is -0.162. The molecule has 0 saturated heterocycles. The van der Waals surface area contributed by atoms with Crippen LogP contribution in [-0.4, -0.2) is 31.4 Å². The lowest BCUT2D eigenvalue weighted by Crippen LogP contribution is -2.39. The second kappa shape index (κ2) is 12.4. The minimum Gasteiger partial charge on any atom is -0.598 e. The summed E-state index contributed by atoms with van der Waals surface area (Å²) in [5, 5.41) is 0.895. The van der Waals surface area contributed by atoms with Crippen molar-refractivity contribution in [3.8, 4) is 16.9 Å². The number of pyridine rings is 1. The van der Waals surface area contributed by atoms with Gasteiger partial charge in [0.1, 0.15) is 17.1 Å². The predicted octanol–water partition coefficient (Wildman–Crippen LogP) is 5.92. The molecule has 0 unspecified atom stereocenters. The molecule has 0 amide bonds. The third-order valence-corrected chi connectivity index (χ3v) is 8.02. The number of hydrogen-bond donors (Lipinski definition) is 1. The molecule has 0 fully saturated rings. The van der Waals surface area contributed by atoms with Gasteiger partial charge in [0.15, 0.2) is 5.82 Å². The summed E-state index contributed by atoms with van der Waals surface area (Å²) in [6.45, 7) is 9.88. The van der Waals surface area contributed by atoms with E-state index in [2.05, 4.69) is 9.71 Å². The van der Waals surface area contributed by atoms with Crippen LogP contribution >= 0.6 is 0 Å². The third-order valence-electron chi connectivity index (χ3n) is 6.50. The zero-order valence-corrected chi connectivity index (χ0v) is 24.7. The first kappa shape index (κ1) is 29.6. The second-order valence-electron chi connectivity index (χ2n) is 10.7. The highest BCUT2D eigenvalue weighted by Crippen LogP contribution is 2.34. The number of nitrogens with one attached hydrogen (secondary N) is 1. The fraction of sp³-hybridized carbons (Fsp3) is 0.355. The minimum absolute atomic E-state index is 0.0425. The number of nitrogens with zero attached hydrogens (tertiary/aromatic N) is 2. The fourth-order valence-corrected chi connectivity index (χ4v) is 5.08. The summed E-state index contributed by atoms with van der Waals surface area (Å²) in [6.07, 6.45) is 3.62. The van der Waals surface area contributed by atoms with E-state index < -0.39 is 21.9 Å². The molecule has 40 heavy (non-hydrogen) atoms. The number of rotatable bonds is 10. The monoisotopic (exact) mass is 565 g/mol. The van der Waals surface area contributed by atoms with Crippen LogP contribution in [0.25, 0.3) is 22.0 Å². The van der Waals surface area contributed by atoms with Crippen LogP contribution < -0.4 is 9.46 Å². The van der Waals surface area contributed by atoms with Crippen molar-refractivity contribution in [2.24, 2.45) is 7.05 Å². The summed E-state index contributed by atoms with van der Waals surface area (Å²) in [6, 6.07) is 13.3. The fourth-order valence-electron chi connectivity index (χ4n) is 4.38. The maximum Gasteiger partial charge on any atom is 0.310 e. The SMILES string of the molecule is CCOC(=O)Cc1ccc(C)cc1OCc1cc(-c2ccnc(CN[S@@+]([O-])C(C)(C)C)c2F)c2ccn(C)c2c1. The number of benzene rings is 2. The van der Waals surface area contributed by atoms with Crippen molar-refractivity contribution in [1.82, 2.24) is 14.3 Å². The Morgan fingerprint density at radius 2 is 1.93 bits per heavy atom. The number of fused-ring (bicyclic) bond motifs is 1. The zero-order valence-electron chi connectivity index (χ0n) is 23.8. The van der Waals surface area contributed by atoms with E-state index in [1.165, 1.54) is 0 Å². The van der Waals surface area contributed by atoms with Crippen LogP contribution in [-0.2, 0) is 47.5 Å².